The van der Waals surface area contributed by atoms with Crippen molar-refractivity contribution in [2.24, 2.45) is 0 Å². The van der Waals surface area contributed by atoms with Gasteiger partial charge in [-0.1, -0.05) is 83.5 Å². The van der Waals surface area contributed by atoms with E-state index in [2.05, 4.69) is 30.6 Å². The van der Waals surface area contributed by atoms with Crippen LogP contribution < -0.4 is 5.32 Å². The third-order valence-corrected chi connectivity index (χ3v) is 11.2. The predicted octanol–water partition coefficient (Wildman–Crippen LogP) is 4.58. The first-order chi connectivity index (χ1) is 33.9. The van der Waals surface area contributed by atoms with E-state index in [1.807, 2.05) is 0 Å². The molecule has 5 atom stereocenters. The summed E-state index contributed by atoms with van der Waals surface area (Å²) in [6.45, 7) is 11.4. The molecule has 0 bridgehead atoms. The van der Waals surface area contributed by atoms with Gasteiger partial charge < -0.3 is 82.6 Å². The molecule has 0 aliphatic carbocycles. The maximum absolute atomic E-state index is 11.4. The zero-order chi connectivity index (χ0) is 50.4. The zero-order valence-electron chi connectivity index (χ0n) is 42.9. The summed E-state index contributed by atoms with van der Waals surface area (Å²) in [7, 11) is 0. The van der Waals surface area contributed by atoms with E-state index < -0.39 is 43.2 Å². The quantitative estimate of drug-likeness (QED) is 0.0252. The maximum atomic E-state index is 11.4. The van der Waals surface area contributed by atoms with Crippen molar-refractivity contribution in [3.05, 3.63) is 0 Å². The standard InChI is InChI=1S/C30H59NO12S.C19H40O5S.Au/c1-25(33)31-27-29(35)28(34)26(24-32)43-30(27)42-22-21-41-20-19-40-18-17-39-16-15-38-14-13-37-12-11-36-10-8-6-4-2-3-5-7-9-23-44;20-10-12-22-14-16-24-18-17-23-15-13-21-11-8-6-4-2-1-3-5-7-9-19-25;/h26-30,32,34-35,44H,2-24H2,1H3,(H,31,33);20,25H,1-19H2;/t26?,27?,28-,29-,30-;;/m1../s1. The van der Waals surface area contributed by atoms with Gasteiger partial charge in [0.1, 0.15) is 24.4 Å². The van der Waals surface area contributed by atoms with E-state index >= 15 is 0 Å². The van der Waals surface area contributed by atoms with Gasteiger partial charge in [-0.2, -0.15) is 25.3 Å². The molecule has 425 valence electrons. The van der Waals surface area contributed by atoms with Gasteiger partial charge in [0.25, 0.3) is 0 Å². The molecule has 1 fully saturated rings. The number of hydrogen-bond donors (Lipinski definition) is 7. The first-order valence-electron chi connectivity index (χ1n) is 26.0. The number of amides is 1. The second-order valence-corrected chi connectivity index (χ2v) is 17.5. The summed E-state index contributed by atoms with van der Waals surface area (Å²) in [6, 6.07) is -0.977. The number of carbonyl (C=O) groups is 1. The minimum atomic E-state index is -1.35. The summed E-state index contributed by atoms with van der Waals surface area (Å²) in [5.41, 5.74) is 0. The Morgan fingerprint density at radius 3 is 1.01 bits per heavy atom. The molecule has 70 heavy (non-hydrogen) atoms. The van der Waals surface area contributed by atoms with Crippen molar-refractivity contribution >= 4 is 31.2 Å². The second kappa shape index (κ2) is 60.1. The van der Waals surface area contributed by atoms with E-state index in [0.29, 0.717) is 112 Å². The summed E-state index contributed by atoms with van der Waals surface area (Å²) >= 11 is 8.47. The van der Waals surface area contributed by atoms with Crippen molar-refractivity contribution in [3.63, 3.8) is 0 Å². The van der Waals surface area contributed by atoms with Crippen LogP contribution in [0.3, 0.4) is 0 Å². The molecule has 1 amide bonds. The minimum Gasteiger partial charge on any atom is -0.394 e. The molecule has 21 heteroatoms. The smallest absolute Gasteiger partial charge is 0.217 e. The van der Waals surface area contributed by atoms with E-state index in [-0.39, 0.29) is 42.2 Å². The summed E-state index contributed by atoms with van der Waals surface area (Å²) in [5.74, 6) is 1.62. The van der Waals surface area contributed by atoms with Crippen LogP contribution in [0.2, 0.25) is 0 Å². The SMILES string of the molecule is CC(=O)NC1[C@H](OCCOCCOCCOCCOCCOCCOCCCCCCCCCCS)OC(CO)[C@@H](O)[C@@H]1O.OCCOCCOCCOCCOCCCCCCCCCCCS.[Au]. The number of aliphatic hydroxyl groups excluding tert-OH is 4. The van der Waals surface area contributed by atoms with Crippen LogP contribution in [-0.2, 0) is 84.0 Å². The van der Waals surface area contributed by atoms with Gasteiger partial charge in [-0.3, -0.25) is 4.79 Å². The van der Waals surface area contributed by atoms with Crippen molar-refractivity contribution in [1.82, 2.24) is 5.32 Å². The summed E-state index contributed by atoms with van der Waals surface area (Å²) < 4.78 is 65.4. The van der Waals surface area contributed by atoms with Gasteiger partial charge in [-0.25, -0.2) is 0 Å². The molecule has 0 spiro atoms. The molecule has 1 aliphatic heterocycles. The number of unbranched alkanes of at least 4 members (excludes halogenated alkanes) is 15. The third kappa shape index (κ3) is 50.4. The summed E-state index contributed by atoms with van der Waals surface area (Å²) in [4.78, 5) is 11.4. The van der Waals surface area contributed by atoms with Gasteiger partial charge in [-0.15, -0.1) is 0 Å². The second-order valence-electron chi connectivity index (χ2n) is 16.6. The van der Waals surface area contributed by atoms with E-state index in [9.17, 15) is 20.1 Å². The fourth-order valence-electron chi connectivity index (χ4n) is 6.79. The topological polar surface area (TPSA) is 221 Å². The molecular weight excluding hydrogens is 1140 g/mol. The Bertz CT molecular complexity index is 1010. The number of thiol groups is 2. The Morgan fingerprint density at radius 2 is 0.714 bits per heavy atom. The number of carbonyl (C=O) groups excluding carboxylic acids is 1. The van der Waals surface area contributed by atoms with Crippen LogP contribution >= 0.6 is 25.3 Å². The van der Waals surface area contributed by atoms with Crippen molar-refractivity contribution in [2.75, 3.05) is 163 Å². The molecule has 0 aromatic rings. The molecule has 1 heterocycles. The number of hydrogen-bond acceptors (Lipinski definition) is 19. The third-order valence-electron chi connectivity index (χ3n) is 10.6. The van der Waals surface area contributed by atoms with Crippen LogP contribution in [0, 0.1) is 0 Å². The molecular formula is C49H99AuNO17S2. The van der Waals surface area contributed by atoms with Crippen LogP contribution in [0.5, 0.6) is 0 Å². The van der Waals surface area contributed by atoms with Crippen LogP contribution in [0.1, 0.15) is 116 Å². The van der Waals surface area contributed by atoms with Crippen LogP contribution in [-0.4, -0.2) is 220 Å². The van der Waals surface area contributed by atoms with E-state index in [4.69, 9.17) is 61.9 Å². The average Bonchev–Trinajstić information content (AvgIpc) is 3.35. The number of nitrogens with one attached hydrogen (secondary N) is 1. The summed E-state index contributed by atoms with van der Waals surface area (Å²) in [6.07, 6.45) is 17.2. The van der Waals surface area contributed by atoms with Gasteiger partial charge in [0, 0.05) is 42.5 Å². The van der Waals surface area contributed by atoms with Crippen LogP contribution in [0.15, 0.2) is 0 Å². The molecule has 0 aromatic heterocycles. The average molecular weight is 1240 g/mol. The molecule has 18 nitrogen and oxygen atoms in total. The molecule has 0 aromatic carbocycles. The van der Waals surface area contributed by atoms with Gasteiger partial charge >= 0.3 is 0 Å². The van der Waals surface area contributed by atoms with Crippen molar-refractivity contribution in [3.8, 4) is 0 Å². The number of rotatable bonds is 53. The Morgan fingerprint density at radius 1 is 0.429 bits per heavy atom. The largest absolute Gasteiger partial charge is 0.394 e. The van der Waals surface area contributed by atoms with Gasteiger partial charge in [0.2, 0.25) is 5.91 Å². The molecule has 0 saturated carbocycles. The Balaban J connectivity index is 0. The Labute approximate surface area is 448 Å². The van der Waals surface area contributed by atoms with E-state index in [1.54, 1.807) is 0 Å². The van der Waals surface area contributed by atoms with Gasteiger partial charge in [-0.05, 0) is 37.2 Å². The monoisotopic (exact) mass is 1230 g/mol. The van der Waals surface area contributed by atoms with Crippen molar-refractivity contribution in [2.45, 2.75) is 147 Å². The Hall–Kier alpha value is 0.270. The van der Waals surface area contributed by atoms with Gasteiger partial charge in [0.15, 0.2) is 6.29 Å². The molecule has 1 aliphatic rings. The Kier molecular flexibility index (Phi) is 62.2. The van der Waals surface area contributed by atoms with Crippen LogP contribution in [0.25, 0.3) is 0 Å². The molecule has 2 unspecified atom stereocenters. The molecule has 1 saturated heterocycles. The first kappa shape index (κ1) is 72.3. The molecule has 5 N–H and O–H groups in total. The minimum absolute atomic E-state index is 0. The normalized spacial score (nSPS) is 17.8. The van der Waals surface area contributed by atoms with Gasteiger partial charge in [0.05, 0.1) is 139 Å². The zero-order valence-corrected chi connectivity index (χ0v) is 46.8. The molecule has 1 radical (unpaired) electrons. The maximum Gasteiger partial charge on any atom is 0.217 e. The fraction of sp³-hybridized carbons (Fsp3) is 0.980. The van der Waals surface area contributed by atoms with E-state index in [0.717, 1.165) is 37.6 Å². The predicted molar refractivity (Wildman–Crippen MR) is 273 cm³/mol. The molecule has 1 rings (SSSR count). The fourth-order valence-corrected chi connectivity index (χ4v) is 7.24. The van der Waals surface area contributed by atoms with Crippen molar-refractivity contribution < 1.29 is 104 Å². The first-order valence-corrected chi connectivity index (χ1v) is 27.3. The number of aliphatic hydroxyl groups is 4. The van der Waals surface area contributed by atoms with Crippen molar-refractivity contribution in [1.29, 1.82) is 0 Å². The van der Waals surface area contributed by atoms with E-state index in [1.165, 1.54) is 103 Å². The summed E-state index contributed by atoms with van der Waals surface area (Å²) in [5, 5.41) is 40.6. The van der Waals surface area contributed by atoms with Crippen LogP contribution in [0.4, 0.5) is 0 Å². The number of ether oxygens (including phenoxy) is 12.